The van der Waals surface area contributed by atoms with Crippen molar-refractivity contribution in [3.05, 3.63) is 23.3 Å². The zero-order valence-electron chi connectivity index (χ0n) is 21.8. The summed E-state index contributed by atoms with van der Waals surface area (Å²) >= 11 is 0. The molecule has 3 rings (SSSR count). The first-order valence-electron chi connectivity index (χ1n) is 13.0. The van der Waals surface area contributed by atoms with E-state index in [1.165, 1.54) is 12.5 Å². The molecule has 0 aromatic heterocycles. The van der Waals surface area contributed by atoms with Gasteiger partial charge in [-0.25, -0.2) is 4.79 Å². The van der Waals surface area contributed by atoms with Crippen molar-refractivity contribution in [3.63, 3.8) is 0 Å². The largest absolute Gasteiger partial charge is 0.493 e. The average Bonchev–Trinajstić information content (AvgIpc) is 2.83. The number of fused-ring (bicyclic) bond motifs is 1. The molecule has 0 saturated carbocycles. The van der Waals surface area contributed by atoms with Gasteiger partial charge in [0.15, 0.2) is 17.6 Å². The summed E-state index contributed by atoms with van der Waals surface area (Å²) in [5.74, 6) is 0.404. The third-order valence-corrected chi connectivity index (χ3v) is 6.64. The van der Waals surface area contributed by atoms with Crippen LogP contribution in [0.1, 0.15) is 70.9 Å². The summed E-state index contributed by atoms with van der Waals surface area (Å²) in [4.78, 5) is 26.6. The van der Waals surface area contributed by atoms with Crippen LogP contribution in [0.2, 0.25) is 0 Å². The lowest BCUT2D eigenvalue weighted by Gasteiger charge is -2.37. The molecule has 196 valence electrons. The topological polar surface area (TPSA) is 83.5 Å². The molecule has 1 aliphatic heterocycles. The van der Waals surface area contributed by atoms with Gasteiger partial charge >= 0.3 is 11.9 Å². The summed E-state index contributed by atoms with van der Waals surface area (Å²) in [7, 11) is 1.62. The molecule has 0 N–H and O–H groups in total. The van der Waals surface area contributed by atoms with Crippen LogP contribution in [0.5, 0.6) is 11.5 Å². The molecule has 1 aliphatic carbocycles. The van der Waals surface area contributed by atoms with Crippen LogP contribution < -0.4 is 9.47 Å². The second-order valence-electron chi connectivity index (χ2n) is 9.29. The molecule has 0 spiro atoms. The monoisotopic (exact) mass is 491 g/mol. The normalized spacial score (nSPS) is 23.9. The third-order valence-electron chi connectivity index (χ3n) is 6.64. The summed E-state index contributed by atoms with van der Waals surface area (Å²) in [6, 6.07) is 4.58. The molecule has 1 aromatic carbocycles. The van der Waals surface area contributed by atoms with Gasteiger partial charge in [0.25, 0.3) is 0 Å². The molecule has 0 bridgehead atoms. The van der Waals surface area contributed by atoms with Crippen LogP contribution in [0.15, 0.2) is 12.1 Å². The van der Waals surface area contributed by atoms with E-state index in [1.807, 2.05) is 6.07 Å². The van der Waals surface area contributed by atoms with Crippen molar-refractivity contribution in [1.82, 2.24) is 4.90 Å². The Bertz CT molecular complexity index is 852. The van der Waals surface area contributed by atoms with Crippen LogP contribution in [0.25, 0.3) is 0 Å². The van der Waals surface area contributed by atoms with Gasteiger partial charge in [-0.1, -0.05) is 19.9 Å². The molecule has 8 heteroatoms. The highest BCUT2D eigenvalue weighted by Crippen LogP contribution is 2.40. The van der Waals surface area contributed by atoms with Gasteiger partial charge in [0, 0.05) is 31.4 Å². The Morgan fingerprint density at radius 3 is 2.49 bits per heavy atom. The van der Waals surface area contributed by atoms with Gasteiger partial charge in [-0.15, -0.1) is 0 Å². The first kappa shape index (κ1) is 27.3. The smallest absolute Gasteiger partial charge is 0.335 e. The van der Waals surface area contributed by atoms with Crippen LogP contribution in [0.3, 0.4) is 0 Å². The molecule has 8 nitrogen and oxygen atoms in total. The maximum atomic E-state index is 12.4. The Morgan fingerprint density at radius 2 is 1.86 bits per heavy atom. The number of carbonyl (C=O) groups is 2. The van der Waals surface area contributed by atoms with E-state index in [0.29, 0.717) is 24.0 Å². The number of esters is 2. The minimum absolute atomic E-state index is 0.245. The van der Waals surface area contributed by atoms with E-state index in [-0.39, 0.29) is 13.0 Å². The minimum atomic E-state index is -0.857. The molecule has 0 unspecified atom stereocenters. The van der Waals surface area contributed by atoms with E-state index < -0.39 is 30.4 Å². The number of methoxy groups -OCH3 is 1. The van der Waals surface area contributed by atoms with E-state index in [9.17, 15) is 9.59 Å². The number of rotatable bonds is 11. The number of nitrogens with zero attached hydrogens (tertiary/aromatic N) is 1. The first-order chi connectivity index (χ1) is 16.9. The molecule has 1 fully saturated rings. The van der Waals surface area contributed by atoms with Gasteiger partial charge in [-0.2, -0.15) is 0 Å². The van der Waals surface area contributed by atoms with Crippen LogP contribution >= 0.6 is 0 Å². The molecule has 2 aliphatic rings. The van der Waals surface area contributed by atoms with E-state index in [4.69, 9.17) is 23.7 Å². The van der Waals surface area contributed by atoms with Gasteiger partial charge in [0.05, 0.1) is 13.7 Å². The summed E-state index contributed by atoms with van der Waals surface area (Å²) in [6.07, 6.45) is 3.62. The number of hydrogen-bond acceptors (Lipinski definition) is 8. The van der Waals surface area contributed by atoms with Crippen molar-refractivity contribution < 1.29 is 33.3 Å². The Hall–Kier alpha value is -2.32. The molecule has 1 aromatic rings. The molecule has 0 radical (unpaired) electrons. The lowest BCUT2D eigenvalue weighted by atomic mass is 9.86. The fourth-order valence-electron chi connectivity index (χ4n) is 5.20. The molecular weight excluding hydrogens is 450 g/mol. The quantitative estimate of drug-likeness (QED) is 0.429. The van der Waals surface area contributed by atoms with Gasteiger partial charge in [-0.3, -0.25) is 4.79 Å². The highest BCUT2D eigenvalue weighted by molar-refractivity contribution is 5.75. The van der Waals surface area contributed by atoms with E-state index >= 15 is 0 Å². The highest BCUT2D eigenvalue weighted by atomic mass is 16.7. The zero-order chi connectivity index (χ0) is 25.4. The van der Waals surface area contributed by atoms with E-state index in [0.717, 1.165) is 50.8 Å². The predicted molar refractivity (Wildman–Crippen MR) is 132 cm³/mol. The number of ether oxygens (including phenoxy) is 5. The zero-order valence-corrected chi connectivity index (χ0v) is 21.8. The Labute approximate surface area is 209 Å². The number of benzene rings is 1. The fraction of sp³-hybridized carbons (Fsp3) is 0.704. The van der Waals surface area contributed by atoms with Crippen LogP contribution in [-0.4, -0.2) is 68.2 Å². The Morgan fingerprint density at radius 1 is 1.11 bits per heavy atom. The summed E-state index contributed by atoms with van der Waals surface area (Å²) in [6.45, 7) is 10.0. The van der Waals surface area contributed by atoms with Gasteiger partial charge in [-0.05, 0) is 63.7 Å². The summed E-state index contributed by atoms with van der Waals surface area (Å²) < 4.78 is 28.6. The third kappa shape index (κ3) is 7.10. The number of carbonyl (C=O) groups excluding carboxylic acids is 2. The standard InChI is InChI=1S/C27H41NO7/c1-6-13-28(14-7-2)20-10-11-22-19(15-20)9-12-23(31-5)26(22)35-25-17-21(33-18(4)29)16-24(34-25)27(30)32-8-3/h9,12,20-21,24-25H,6-8,10-11,13-17H2,1-5H3/t20-,21-,24-,25-/m0/s1. The summed E-state index contributed by atoms with van der Waals surface area (Å²) in [5.41, 5.74) is 2.38. The molecule has 1 heterocycles. The number of hydrogen-bond donors (Lipinski definition) is 0. The molecule has 4 atom stereocenters. The Kier molecular flexibility index (Phi) is 10.2. The maximum absolute atomic E-state index is 12.4. The van der Waals surface area contributed by atoms with Gasteiger partial charge in [0.1, 0.15) is 6.10 Å². The van der Waals surface area contributed by atoms with Crippen molar-refractivity contribution in [2.45, 2.75) is 97.2 Å². The second kappa shape index (κ2) is 13.1. The van der Waals surface area contributed by atoms with Crippen LogP contribution in [-0.2, 0) is 36.6 Å². The average molecular weight is 492 g/mol. The van der Waals surface area contributed by atoms with Gasteiger partial charge in [0.2, 0.25) is 6.29 Å². The second-order valence-corrected chi connectivity index (χ2v) is 9.29. The SMILES string of the molecule is CCCN(CCC)[C@H]1CCc2c(ccc(OC)c2O[C@H]2C[C@@H](OC(C)=O)C[C@@H](C(=O)OCC)O2)C1. The van der Waals surface area contributed by atoms with E-state index in [2.05, 4.69) is 24.8 Å². The van der Waals surface area contributed by atoms with Crippen molar-refractivity contribution in [2.75, 3.05) is 26.8 Å². The van der Waals surface area contributed by atoms with Crippen LogP contribution in [0, 0.1) is 0 Å². The Balaban J connectivity index is 1.83. The fourth-order valence-corrected chi connectivity index (χ4v) is 5.20. The van der Waals surface area contributed by atoms with Crippen molar-refractivity contribution in [1.29, 1.82) is 0 Å². The lowest BCUT2D eigenvalue weighted by molar-refractivity contribution is -0.205. The first-order valence-corrected chi connectivity index (χ1v) is 13.0. The molecule has 35 heavy (non-hydrogen) atoms. The highest BCUT2D eigenvalue weighted by Gasteiger charge is 2.38. The minimum Gasteiger partial charge on any atom is -0.493 e. The molecular formula is C27H41NO7. The lowest BCUT2D eigenvalue weighted by Crippen LogP contribution is -2.44. The van der Waals surface area contributed by atoms with Crippen molar-refractivity contribution in [2.24, 2.45) is 0 Å². The molecule has 0 amide bonds. The van der Waals surface area contributed by atoms with Gasteiger partial charge < -0.3 is 28.6 Å². The predicted octanol–water partition coefficient (Wildman–Crippen LogP) is 4.05. The van der Waals surface area contributed by atoms with Crippen molar-refractivity contribution in [3.8, 4) is 11.5 Å². The van der Waals surface area contributed by atoms with Crippen molar-refractivity contribution >= 4 is 11.9 Å². The summed E-state index contributed by atoms with van der Waals surface area (Å²) in [5, 5.41) is 0. The maximum Gasteiger partial charge on any atom is 0.335 e. The molecule has 1 saturated heterocycles. The van der Waals surface area contributed by atoms with E-state index in [1.54, 1.807) is 14.0 Å². The van der Waals surface area contributed by atoms with Crippen LogP contribution in [0.4, 0.5) is 0 Å².